The van der Waals surface area contributed by atoms with Crippen LogP contribution >= 0.6 is 22.9 Å². The number of pyridine rings is 2. The number of nitrogens with one attached hydrogen (secondary N) is 1. The summed E-state index contributed by atoms with van der Waals surface area (Å²) in [6.07, 6.45) is 5.25. The number of H-pyrrole nitrogens is 1. The number of hydrogen-bond acceptors (Lipinski definition) is 3. The van der Waals surface area contributed by atoms with Crippen molar-refractivity contribution < 1.29 is 0 Å². The van der Waals surface area contributed by atoms with Crippen molar-refractivity contribution in [2.75, 3.05) is 0 Å². The van der Waals surface area contributed by atoms with Crippen molar-refractivity contribution >= 4 is 33.8 Å². The van der Waals surface area contributed by atoms with Crippen molar-refractivity contribution in [3.8, 4) is 21.7 Å². The highest BCUT2D eigenvalue weighted by Crippen LogP contribution is 2.40. The van der Waals surface area contributed by atoms with Gasteiger partial charge in [0.2, 0.25) is 0 Å². The highest BCUT2D eigenvalue weighted by atomic mass is 35.5. The number of aromatic amines is 1. The lowest BCUT2D eigenvalue weighted by Gasteiger charge is -2.03. The van der Waals surface area contributed by atoms with E-state index in [-0.39, 0.29) is 5.56 Å². The van der Waals surface area contributed by atoms with E-state index in [1.165, 1.54) is 11.3 Å². The zero-order valence-electron chi connectivity index (χ0n) is 12.2. The Balaban J connectivity index is 2.15. The van der Waals surface area contributed by atoms with Gasteiger partial charge in [0.25, 0.3) is 5.56 Å². The van der Waals surface area contributed by atoms with Gasteiger partial charge in [0.15, 0.2) is 0 Å². The molecule has 1 N–H and O–H groups in total. The minimum Gasteiger partial charge on any atom is -0.354 e. The van der Waals surface area contributed by atoms with Gasteiger partial charge in [0.1, 0.15) is 0 Å². The van der Waals surface area contributed by atoms with Crippen LogP contribution in [-0.4, -0.2) is 14.5 Å². The topological polar surface area (TPSA) is 50.7 Å². The smallest absolute Gasteiger partial charge is 0.260 e. The second-order valence-corrected chi connectivity index (χ2v) is 6.95. The van der Waals surface area contributed by atoms with Gasteiger partial charge in [0, 0.05) is 41.6 Å². The Kier molecular flexibility index (Phi) is 3.32. The molecule has 0 aromatic carbocycles. The molecule has 0 bridgehead atoms. The van der Waals surface area contributed by atoms with Gasteiger partial charge in [-0.05, 0) is 30.3 Å². The van der Waals surface area contributed by atoms with Crippen LogP contribution < -0.4 is 5.56 Å². The van der Waals surface area contributed by atoms with Crippen LogP contribution in [0.15, 0.2) is 53.7 Å². The maximum Gasteiger partial charge on any atom is 0.260 e. The predicted octanol–water partition coefficient (Wildman–Crippen LogP) is 4.31. The first kappa shape index (κ1) is 14.2. The first-order valence-electron chi connectivity index (χ1n) is 7.02. The van der Waals surface area contributed by atoms with Crippen LogP contribution in [0.5, 0.6) is 0 Å². The fourth-order valence-corrected chi connectivity index (χ4v) is 3.83. The first-order valence-corrected chi connectivity index (χ1v) is 8.22. The number of thiophene rings is 1. The van der Waals surface area contributed by atoms with Gasteiger partial charge in [-0.2, -0.15) is 0 Å². The number of hydrogen-bond donors (Lipinski definition) is 1. The Labute approximate surface area is 141 Å². The third-order valence-corrected chi connectivity index (χ3v) is 5.07. The van der Waals surface area contributed by atoms with Gasteiger partial charge in [-0.3, -0.25) is 9.78 Å². The van der Waals surface area contributed by atoms with E-state index in [1.807, 2.05) is 30.3 Å². The number of fused-ring (bicyclic) bond motifs is 1. The van der Waals surface area contributed by atoms with Crippen molar-refractivity contribution in [2.24, 2.45) is 7.05 Å². The molecule has 114 valence electrons. The standard InChI is InChI=1S/C17H12ClN3OS/c1-21-9-6-11-14(17(21)22)15(12-2-3-13(18)23-12)16(20-11)10-4-7-19-8-5-10/h2-9,20H,1H3. The van der Waals surface area contributed by atoms with Gasteiger partial charge in [-0.15, -0.1) is 11.3 Å². The minimum atomic E-state index is -0.0291. The van der Waals surface area contributed by atoms with Gasteiger partial charge in [-0.25, -0.2) is 0 Å². The Bertz CT molecular complexity index is 1060. The molecule has 0 atom stereocenters. The monoisotopic (exact) mass is 341 g/mol. The molecule has 0 fully saturated rings. The molecule has 4 nitrogen and oxygen atoms in total. The second kappa shape index (κ2) is 5.37. The maximum absolute atomic E-state index is 12.7. The maximum atomic E-state index is 12.7. The number of halogens is 1. The molecule has 0 radical (unpaired) electrons. The van der Waals surface area contributed by atoms with Crippen molar-refractivity contribution in [2.45, 2.75) is 0 Å². The van der Waals surface area contributed by atoms with Crippen LogP contribution in [0.4, 0.5) is 0 Å². The molecule has 23 heavy (non-hydrogen) atoms. The zero-order valence-corrected chi connectivity index (χ0v) is 13.8. The summed E-state index contributed by atoms with van der Waals surface area (Å²) >= 11 is 7.58. The van der Waals surface area contributed by atoms with E-state index in [0.29, 0.717) is 9.72 Å². The van der Waals surface area contributed by atoms with E-state index >= 15 is 0 Å². The summed E-state index contributed by atoms with van der Waals surface area (Å²) in [6.45, 7) is 0. The Morgan fingerprint density at radius 3 is 2.65 bits per heavy atom. The fourth-order valence-electron chi connectivity index (χ4n) is 2.73. The lowest BCUT2D eigenvalue weighted by atomic mass is 10.1. The summed E-state index contributed by atoms with van der Waals surface area (Å²) in [5.74, 6) is 0. The highest BCUT2D eigenvalue weighted by Gasteiger charge is 2.19. The first-order chi connectivity index (χ1) is 11.1. The molecule has 0 unspecified atom stereocenters. The van der Waals surface area contributed by atoms with Crippen LogP contribution in [-0.2, 0) is 7.05 Å². The molecule has 0 amide bonds. The van der Waals surface area contributed by atoms with Crippen LogP contribution in [0.25, 0.3) is 32.6 Å². The molecule has 0 aliphatic carbocycles. The van der Waals surface area contributed by atoms with Crippen molar-refractivity contribution in [1.82, 2.24) is 14.5 Å². The average Bonchev–Trinajstić information content (AvgIpc) is 3.15. The minimum absolute atomic E-state index is 0.0291. The SMILES string of the molecule is Cn1ccc2[nH]c(-c3ccncc3)c(-c3ccc(Cl)s3)c2c1=O. The molecule has 4 rings (SSSR count). The number of rotatable bonds is 2. The van der Waals surface area contributed by atoms with Crippen LogP contribution in [0, 0.1) is 0 Å². The lowest BCUT2D eigenvalue weighted by molar-refractivity contribution is 0.873. The van der Waals surface area contributed by atoms with Gasteiger partial charge in [-0.1, -0.05) is 11.6 Å². The molecular weight excluding hydrogens is 330 g/mol. The summed E-state index contributed by atoms with van der Waals surface area (Å²) in [6, 6.07) is 9.57. The van der Waals surface area contributed by atoms with Gasteiger partial charge >= 0.3 is 0 Å². The largest absolute Gasteiger partial charge is 0.354 e. The normalized spacial score (nSPS) is 11.2. The van der Waals surface area contributed by atoms with E-state index in [4.69, 9.17) is 11.6 Å². The average molecular weight is 342 g/mol. The van der Waals surface area contributed by atoms with Crippen LogP contribution in [0.2, 0.25) is 4.34 Å². The summed E-state index contributed by atoms with van der Waals surface area (Å²) in [7, 11) is 1.76. The summed E-state index contributed by atoms with van der Waals surface area (Å²) < 4.78 is 2.29. The van der Waals surface area contributed by atoms with Crippen LogP contribution in [0.1, 0.15) is 0 Å². The van der Waals surface area contributed by atoms with E-state index in [9.17, 15) is 4.79 Å². The third-order valence-electron chi connectivity index (χ3n) is 3.82. The highest BCUT2D eigenvalue weighted by molar-refractivity contribution is 7.19. The Morgan fingerprint density at radius 1 is 1.17 bits per heavy atom. The third kappa shape index (κ3) is 2.29. The predicted molar refractivity (Wildman–Crippen MR) is 95.1 cm³/mol. The molecule has 4 aromatic rings. The van der Waals surface area contributed by atoms with Crippen molar-refractivity contribution in [3.05, 3.63) is 63.6 Å². The van der Waals surface area contributed by atoms with E-state index in [0.717, 1.165) is 27.2 Å². The van der Waals surface area contributed by atoms with Gasteiger partial charge in [0.05, 0.1) is 20.9 Å². The van der Waals surface area contributed by atoms with Crippen LogP contribution in [0.3, 0.4) is 0 Å². The summed E-state index contributed by atoms with van der Waals surface area (Å²) in [5, 5.41) is 0.681. The van der Waals surface area contributed by atoms with E-state index < -0.39 is 0 Å². The molecule has 0 saturated heterocycles. The van der Waals surface area contributed by atoms with Gasteiger partial charge < -0.3 is 9.55 Å². The van der Waals surface area contributed by atoms with Crippen molar-refractivity contribution in [3.63, 3.8) is 0 Å². The molecule has 0 aliphatic rings. The summed E-state index contributed by atoms with van der Waals surface area (Å²) in [4.78, 5) is 21.1. The second-order valence-electron chi connectivity index (χ2n) is 5.24. The molecule has 0 aliphatic heterocycles. The number of aromatic nitrogens is 3. The Morgan fingerprint density at radius 2 is 1.96 bits per heavy atom. The quantitative estimate of drug-likeness (QED) is 0.590. The zero-order chi connectivity index (χ0) is 16.0. The van der Waals surface area contributed by atoms with E-state index in [2.05, 4.69) is 9.97 Å². The molecule has 0 spiro atoms. The van der Waals surface area contributed by atoms with E-state index in [1.54, 1.807) is 30.2 Å². The molecule has 0 saturated carbocycles. The van der Waals surface area contributed by atoms with Crippen molar-refractivity contribution in [1.29, 1.82) is 0 Å². The molecule has 6 heteroatoms. The summed E-state index contributed by atoms with van der Waals surface area (Å²) in [5.41, 5.74) is 3.57. The number of nitrogens with zero attached hydrogens (tertiary/aromatic N) is 2. The Hall–Kier alpha value is -2.37. The molecule has 4 heterocycles. The molecule has 4 aromatic heterocycles. The number of aryl methyl sites for hydroxylation is 1. The molecular formula is C17H12ClN3OS. The fraction of sp³-hybridized carbons (Fsp3) is 0.0588. The lowest BCUT2D eigenvalue weighted by Crippen LogP contribution is -2.15.